The van der Waals surface area contributed by atoms with Crippen LogP contribution >= 0.6 is 11.3 Å². The Labute approximate surface area is 152 Å². The molecule has 1 aromatic carbocycles. The fraction of sp³-hybridized carbons (Fsp3) is 0.125. The number of benzene rings is 1. The number of nitrogens with one attached hydrogen (secondary N) is 1. The number of carbonyl (C=O) groups excluding carboxylic acids is 1. The smallest absolute Gasteiger partial charge is 0.321 e. The molecule has 0 aliphatic heterocycles. The molecule has 0 aliphatic rings. The predicted octanol–water partition coefficient (Wildman–Crippen LogP) is 5.22. The molecule has 0 saturated carbocycles. The topological polar surface area (TPSA) is 46.9 Å². The average molecular weight is 405 g/mol. The van der Waals surface area contributed by atoms with Crippen molar-refractivity contribution in [2.24, 2.45) is 0 Å². The highest BCUT2D eigenvalue weighted by Crippen LogP contribution is 2.36. The molecular formula is C16H9F6N3OS. The number of halogens is 6. The summed E-state index contributed by atoms with van der Waals surface area (Å²) in [6.07, 6.45) is -10.0. The highest BCUT2D eigenvalue weighted by molar-refractivity contribution is 7.12. The van der Waals surface area contributed by atoms with Crippen LogP contribution in [-0.4, -0.2) is 15.7 Å². The van der Waals surface area contributed by atoms with Gasteiger partial charge in [-0.3, -0.25) is 4.79 Å². The molecule has 0 atom stereocenters. The van der Waals surface area contributed by atoms with E-state index in [-0.39, 0.29) is 22.1 Å². The van der Waals surface area contributed by atoms with E-state index >= 15 is 0 Å². The molecule has 0 saturated heterocycles. The monoisotopic (exact) mass is 405 g/mol. The van der Waals surface area contributed by atoms with Gasteiger partial charge in [-0.2, -0.15) is 31.4 Å². The van der Waals surface area contributed by atoms with Crippen LogP contribution in [-0.2, 0) is 12.4 Å². The molecule has 1 N–H and O–H groups in total. The van der Waals surface area contributed by atoms with Crippen molar-refractivity contribution in [3.05, 3.63) is 64.1 Å². The SMILES string of the molecule is O=C(Nc1ccc(-n2nc(C(F)(F)F)cc2C(F)(F)F)cc1)c1cccs1. The second-order valence-electron chi connectivity index (χ2n) is 5.30. The van der Waals surface area contributed by atoms with Gasteiger partial charge in [-0.1, -0.05) is 6.07 Å². The Hall–Kier alpha value is -2.82. The maximum atomic E-state index is 13.1. The zero-order chi connectivity index (χ0) is 19.8. The Morgan fingerprint density at radius 1 is 1.00 bits per heavy atom. The molecule has 4 nitrogen and oxygen atoms in total. The van der Waals surface area contributed by atoms with Gasteiger partial charge in [0.25, 0.3) is 5.91 Å². The lowest BCUT2D eigenvalue weighted by Crippen LogP contribution is -2.14. The van der Waals surface area contributed by atoms with E-state index in [2.05, 4.69) is 10.4 Å². The molecule has 0 bridgehead atoms. The number of anilines is 1. The summed E-state index contributed by atoms with van der Waals surface area (Å²) in [5.74, 6) is -0.410. The van der Waals surface area contributed by atoms with Crippen LogP contribution in [0.3, 0.4) is 0 Å². The summed E-state index contributed by atoms with van der Waals surface area (Å²) < 4.78 is 77.6. The van der Waals surface area contributed by atoms with Gasteiger partial charge >= 0.3 is 12.4 Å². The van der Waals surface area contributed by atoms with Crippen molar-refractivity contribution in [1.29, 1.82) is 0 Å². The highest BCUT2D eigenvalue weighted by Gasteiger charge is 2.42. The summed E-state index contributed by atoms with van der Waals surface area (Å²) in [7, 11) is 0. The molecule has 2 aromatic heterocycles. The number of thiophene rings is 1. The van der Waals surface area contributed by atoms with E-state index in [1.165, 1.54) is 23.5 Å². The lowest BCUT2D eigenvalue weighted by atomic mass is 10.2. The van der Waals surface area contributed by atoms with Crippen molar-refractivity contribution >= 4 is 22.9 Å². The van der Waals surface area contributed by atoms with Crippen LogP contribution in [0.1, 0.15) is 21.1 Å². The van der Waals surface area contributed by atoms with Crippen molar-refractivity contribution in [1.82, 2.24) is 9.78 Å². The summed E-state index contributed by atoms with van der Waals surface area (Å²) >= 11 is 1.20. The predicted molar refractivity (Wildman–Crippen MR) is 85.8 cm³/mol. The van der Waals surface area contributed by atoms with Gasteiger partial charge in [0.1, 0.15) is 5.69 Å². The zero-order valence-electron chi connectivity index (χ0n) is 13.1. The number of alkyl halides is 6. The first-order valence-electron chi connectivity index (χ1n) is 7.25. The second kappa shape index (κ2) is 6.72. The number of rotatable bonds is 3. The number of aromatic nitrogens is 2. The minimum atomic E-state index is -5.03. The summed E-state index contributed by atoms with van der Waals surface area (Å²) in [5.41, 5.74) is -3.16. The highest BCUT2D eigenvalue weighted by atomic mass is 32.1. The van der Waals surface area contributed by atoms with Crippen molar-refractivity contribution in [2.45, 2.75) is 12.4 Å². The summed E-state index contributed by atoms with van der Waals surface area (Å²) in [4.78, 5) is 12.4. The Balaban J connectivity index is 1.91. The van der Waals surface area contributed by atoms with Gasteiger partial charge in [-0.15, -0.1) is 11.3 Å². The van der Waals surface area contributed by atoms with Gasteiger partial charge in [-0.25, -0.2) is 4.68 Å². The minimum Gasteiger partial charge on any atom is -0.321 e. The van der Waals surface area contributed by atoms with Crippen molar-refractivity contribution < 1.29 is 31.1 Å². The van der Waals surface area contributed by atoms with E-state index in [4.69, 9.17) is 0 Å². The molecule has 0 unspecified atom stereocenters. The molecular weight excluding hydrogens is 396 g/mol. The first-order chi connectivity index (χ1) is 12.6. The van der Waals surface area contributed by atoms with Gasteiger partial charge < -0.3 is 5.32 Å². The van der Waals surface area contributed by atoms with E-state index in [9.17, 15) is 31.1 Å². The Morgan fingerprint density at radius 3 is 2.19 bits per heavy atom. The standard InChI is InChI=1S/C16H9F6N3OS/c17-15(18,19)12-8-13(16(20,21)22)25(24-12)10-5-3-9(4-6-10)23-14(26)11-2-1-7-27-11/h1-8H,(H,23,26). The van der Waals surface area contributed by atoms with E-state index in [0.717, 1.165) is 12.1 Å². The van der Waals surface area contributed by atoms with E-state index in [0.29, 0.717) is 4.88 Å². The molecule has 0 spiro atoms. The molecule has 27 heavy (non-hydrogen) atoms. The van der Waals surface area contributed by atoms with Gasteiger partial charge in [0.15, 0.2) is 5.69 Å². The van der Waals surface area contributed by atoms with Crippen LogP contribution in [0.25, 0.3) is 5.69 Å². The molecule has 2 heterocycles. The van der Waals surface area contributed by atoms with Crippen LogP contribution in [0.5, 0.6) is 0 Å². The number of carbonyl (C=O) groups is 1. The van der Waals surface area contributed by atoms with E-state index in [1.54, 1.807) is 17.5 Å². The second-order valence-corrected chi connectivity index (χ2v) is 6.25. The van der Waals surface area contributed by atoms with E-state index < -0.39 is 29.6 Å². The molecule has 1 amide bonds. The van der Waals surface area contributed by atoms with Crippen LogP contribution in [0.2, 0.25) is 0 Å². The van der Waals surface area contributed by atoms with Crippen molar-refractivity contribution in [3.63, 3.8) is 0 Å². The fourth-order valence-electron chi connectivity index (χ4n) is 2.20. The molecule has 0 radical (unpaired) electrons. The summed E-state index contributed by atoms with van der Waals surface area (Å²) in [5, 5.41) is 7.27. The summed E-state index contributed by atoms with van der Waals surface area (Å²) in [6, 6.07) is 8.03. The maximum Gasteiger partial charge on any atom is 0.435 e. The van der Waals surface area contributed by atoms with Gasteiger partial charge in [0.05, 0.1) is 10.6 Å². The molecule has 3 aromatic rings. The Morgan fingerprint density at radius 2 is 1.67 bits per heavy atom. The quantitative estimate of drug-likeness (QED) is 0.607. The Bertz CT molecular complexity index is 942. The molecule has 3 rings (SSSR count). The number of hydrogen-bond donors (Lipinski definition) is 1. The van der Waals surface area contributed by atoms with Crippen LogP contribution in [0.15, 0.2) is 47.8 Å². The lowest BCUT2D eigenvalue weighted by molar-refractivity contribution is -0.143. The van der Waals surface area contributed by atoms with Crippen molar-refractivity contribution in [3.8, 4) is 5.69 Å². The van der Waals surface area contributed by atoms with E-state index in [1.807, 2.05) is 0 Å². The lowest BCUT2D eigenvalue weighted by Gasteiger charge is -2.11. The average Bonchev–Trinajstić information content (AvgIpc) is 3.24. The Kier molecular flexibility index (Phi) is 4.72. The first-order valence-corrected chi connectivity index (χ1v) is 8.13. The van der Waals surface area contributed by atoms with Gasteiger partial charge in [0, 0.05) is 11.8 Å². The normalized spacial score (nSPS) is 12.2. The zero-order valence-corrected chi connectivity index (χ0v) is 13.9. The molecule has 0 fully saturated rings. The minimum absolute atomic E-state index is 0.0491. The number of amides is 1. The van der Waals surface area contributed by atoms with Crippen LogP contribution in [0.4, 0.5) is 32.0 Å². The van der Waals surface area contributed by atoms with Crippen LogP contribution < -0.4 is 5.32 Å². The maximum absolute atomic E-state index is 13.1. The molecule has 142 valence electrons. The third-order valence-corrected chi connectivity index (χ3v) is 4.27. The third kappa shape index (κ3) is 4.13. The largest absolute Gasteiger partial charge is 0.435 e. The molecule has 11 heteroatoms. The fourth-order valence-corrected chi connectivity index (χ4v) is 2.82. The summed E-state index contributed by atoms with van der Waals surface area (Å²) in [6.45, 7) is 0. The first kappa shape index (κ1) is 19.0. The van der Waals surface area contributed by atoms with Gasteiger partial charge in [0.2, 0.25) is 0 Å². The number of hydrogen-bond acceptors (Lipinski definition) is 3. The molecule has 0 aliphatic carbocycles. The van der Waals surface area contributed by atoms with Gasteiger partial charge in [-0.05, 0) is 35.7 Å². The van der Waals surface area contributed by atoms with Crippen molar-refractivity contribution in [2.75, 3.05) is 5.32 Å². The number of nitrogens with zero attached hydrogens (tertiary/aromatic N) is 2. The third-order valence-electron chi connectivity index (χ3n) is 3.40. The van der Waals surface area contributed by atoms with Crippen LogP contribution in [0, 0.1) is 0 Å².